The first-order chi connectivity index (χ1) is 8.68. The number of benzene rings is 1. The molecule has 1 atom stereocenters. The van der Waals surface area contributed by atoms with Gasteiger partial charge in [-0.1, -0.05) is 30.3 Å². The standard InChI is InChI=1S/C13H15NO4/c15-12(16)11(10-6-2-1-3-7-10)18-13(17)14-8-4-5-9-14/h1-3,6-7,11H,4-5,8-9H2,(H,15,16)/t11-/m1/s1. The molecule has 1 aliphatic rings. The van der Waals surface area contributed by atoms with Crippen LogP contribution in [0.25, 0.3) is 0 Å². The summed E-state index contributed by atoms with van der Waals surface area (Å²) < 4.78 is 5.07. The van der Waals surface area contributed by atoms with E-state index in [-0.39, 0.29) is 0 Å². The Morgan fingerprint density at radius 3 is 2.33 bits per heavy atom. The molecule has 1 heterocycles. The summed E-state index contributed by atoms with van der Waals surface area (Å²) in [4.78, 5) is 24.5. The smallest absolute Gasteiger partial charge is 0.410 e. The van der Waals surface area contributed by atoms with E-state index in [1.807, 2.05) is 0 Å². The largest absolute Gasteiger partial charge is 0.478 e. The number of aliphatic carboxylic acids is 1. The zero-order valence-corrected chi connectivity index (χ0v) is 9.91. The molecule has 1 fully saturated rings. The normalized spacial score (nSPS) is 16.3. The monoisotopic (exact) mass is 249 g/mol. The van der Waals surface area contributed by atoms with Gasteiger partial charge in [0.1, 0.15) is 0 Å². The zero-order chi connectivity index (χ0) is 13.0. The van der Waals surface area contributed by atoms with Crippen LogP contribution in [0.15, 0.2) is 30.3 Å². The average Bonchev–Trinajstić information content (AvgIpc) is 2.90. The van der Waals surface area contributed by atoms with Gasteiger partial charge in [-0.15, -0.1) is 0 Å². The molecule has 2 rings (SSSR count). The van der Waals surface area contributed by atoms with Gasteiger partial charge in [-0.25, -0.2) is 9.59 Å². The van der Waals surface area contributed by atoms with E-state index in [1.165, 1.54) is 0 Å². The quantitative estimate of drug-likeness (QED) is 0.890. The molecule has 0 radical (unpaired) electrons. The van der Waals surface area contributed by atoms with Crippen LogP contribution in [-0.4, -0.2) is 35.2 Å². The van der Waals surface area contributed by atoms with Gasteiger partial charge in [0.05, 0.1) is 0 Å². The van der Waals surface area contributed by atoms with Crippen molar-refractivity contribution in [2.45, 2.75) is 18.9 Å². The summed E-state index contributed by atoms with van der Waals surface area (Å²) in [7, 11) is 0. The highest BCUT2D eigenvalue weighted by Crippen LogP contribution is 2.20. The Morgan fingerprint density at radius 2 is 1.78 bits per heavy atom. The van der Waals surface area contributed by atoms with Crippen molar-refractivity contribution < 1.29 is 19.4 Å². The molecule has 1 amide bonds. The molecule has 0 aromatic heterocycles. The summed E-state index contributed by atoms with van der Waals surface area (Å²) in [5.74, 6) is -1.16. The number of carbonyl (C=O) groups excluding carboxylic acids is 1. The fraction of sp³-hybridized carbons (Fsp3) is 0.385. The summed E-state index contributed by atoms with van der Waals surface area (Å²) in [6.07, 6.45) is 0.0964. The molecule has 5 nitrogen and oxygen atoms in total. The molecule has 0 aliphatic carbocycles. The molecule has 1 aliphatic heterocycles. The summed E-state index contributed by atoms with van der Waals surface area (Å²) in [5.41, 5.74) is 0.470. The maximum Gasteiger partial charge on any atom is 0.410 e. The van der Waals surface area contributed by atoms with Crippen molar-refractivity contribution in [1.29, 1.82) is 0 Å². The van der Waals surface area contributed by atoms with E-state index in [4.69, 9.17) is 9.84 Å². The van der Waals surface area contributed by atoms with E-state index in [0.29, 0.717) is 18.7 Å². The minimum absolute atomic E-state index is 0.470. The predicted molar refractivity (Wildman–Crippen MR) is 64.1 cm³/mol. The van der Waals surface area contributed by atoms with Crippen molar-refractivity contribution in [1.82, 2.24) is 4.90 Å². The zero-order valence-electron chi connectivity index (χ0n) is 9.91. The van der Waals surface area contributed by atoms with E-state index >= 15 is 0 Å². The molecule has 0 unspecified atom stereocenters. The van der Waals surface area contributed by atoms with Gasteiger partial charge >= 0.3 is 12.1 Å². The van der Waals surface area contributed by atoms with Crippen molar-refractivity contribution in [3.63, 3.8) is 0 Å². The van der Waals surface area contributed by atoms with Crippen LogP contribution >= 0.6 is 0 Å². The molecular weight excluding hydrogens is 234 g/mol. The van der Waals surface area contributed by atoms with Gasteiger partial charge in [0.15, 0.2) is 0 Å². The van der Waals surface area contributed by atoms with Gasteiger partial charge in [0.2, 0.25) is 6.10 Å². The maximum atomic E-state index is 11.8. The van der Waals surface area contributed by atoms with E-state index in [2.05, 4.69) is 0 Å². The molecule has 96 valence electrons. The summed E-state index contributed by atoms with van der Waals surface area (Å²) >= 11 is 0. The molecule has 0 spiro atoms. The third-order valence-corrected chi connectivity index (χ3v) is 2.91. The van der Waals surface area contributed by atoms with Gasteiger partial charge < -0.3 is 14.7 Å². The minimum atomic E-state index is -1.24. The number of rotatable bonds is 3. The van der Waals surface area contributed by atoms with Crippen LogP contribution in [0.1, 0.15) is 24.5 Å². The van der Waals surface area contributed by atoms with Gasteiger partial charge in [0.25, 0.3) is 0 Å². The number of likely N-dealkylation sites (tertiary alicyclic amines) is 1. The summed E-state index contributed by atoms with van der Waals surface area (Å²) in [6.45, 7) is 1.28. The van der Waals surface area contributed by atoms with Gasteiger partial charge in [-0.3, -0.25) is 0 Å². The number of hydrogen-bond donors (Lipinski definition) is 1. The van der Waals surface area contributed by atoms with Crippen molar-refractivity contribution in [3.8, 4) is 0 Å². The molecule has 18 heavy (non-hydrogen) atoms. The maximum absolute atomic E-state index is 11.8. The lowest BCUT2D eigenvalue weighted by atomic mass is 10.1. The SMILES string of the molecule is O=C(O)[C@H](OC(=O)N1CCCC1)c1ccccc1. The Kier molecular flexibility index (Phi) is 3.82. The molecule has 1 N–H and O–H groups in total. The first kappa shape index (κ1) is 12.4. The fourth-order valence-electron chi connectivity index (χ4n) is 1.96. The lowest BCUT2D eigenvalue weighted by molar-refractivity contribution is -0.147. The summed E-state index contributed by atoms with van der Waals surface area (Å²) in [6, 6.07) is 8.49. The Balaban J connectivity index is 2.07. The van der Waals surface area contributed by atoms with Crippen LogP contribution < -0.4 is 0 Å². The molecule has 0 saturated carbocycles. The van der Waals surface area contributed by atoms with E-state index < -0.39 is 18.2 Å². The third kappa shape index (κ3) is 2.80. The first-order valence-corrected chi connectivity index (χ1v) is 5.92. The Hall–Kier alpha value is -2.04. The molecule has 1 aromatic rings. The second-order valence-corrected chi connectivity index (χ2v) is 4.21. The lowest BCUT2D eigenvalue weighted by Crippen LogP contribution is -2.31. The van der Waals surface area contributed by atoms with Crippen molar-refractivity contribution in [2.24, 2.45) is 0 Å². The van der Waals surface area contributed by atoms with Crippen LogP contribution in [0.4, 0.5) is 4.79 Å². The first-order valence-electron chi connectivity index (χ1n) is 5.92. The van der Waals surface area contributed by atoms with Gasteiger partial charge in [-0.2, -0.15) is 0 Å². The number of nitrogens with zero attached hydrogens (tertiary/aromatic N) is 1. The molecular formula is C13H15NO4. The number of carbonyl (C=O) groups is 2. The van der Waals surface area contributed by atoms with Crippen LogP contribution in [0.5, 0.6) is 0 Å². The highest BCUT2D eigenvalue weighted by Gasteiger charge is 2.28. The number of amides is 1. The molecule has 5 heteroatoms. The second kappa shape index (κ2) is 5.53. The highest BCUT2D eigenvalue weighted by molar-refractivity contribution is 5.78. The minimum Gasteiger partial charge on any atom is -0.478 e. The Labute approximate surface area is 105 Å². The molecule has 0 bridgehead atoms. The van der Waals surface area contributed by atoms with E-state index in [0.717, 1.165) is 12.8 Å². The van der Waals surface area contributed by atoms with Crippen molar-refractivity contribution in [2.75, 3.05) is 13.1 Å². The lowest BCUT2D eigenvalue weighted by Gasteiger charge is -2.19. The van der Waals surface area contributed by atoms with E-state index in [9.17, 15) is 9.59 Å². The fourth-order valence-corrected chi connectivity index (χ4v) is 1.96. The average molecular weight is 249 g/mol. The van der Waals surface area contributed by atoms with Crippen LogP contribution in [0, 0.1) is 0 Å². The molecule has 1 saturated heterocycles. The number of carboxylic acid groups (broad SMARTS) is 1. The van der Waals surface area contributed by atoms with Crippen LogP contribution in [0.2, 0.25) is 0 Å². The topological polar surface area (TPSA) is 66.8 Å². The van der Waals surface area contributed by atoms with Crippen LogP contribution in [0.3, 0.4) is 0 Å². The summed E-state index contributed by atoms with van der Waals surface area (Å²) in [5, 5.41) is 9.12. The number of carboxylic acids is 1. The van der Waals surface area contributed by atoms with Crippen LogP contribution in [-0.2, 0) is 9.53 Å². The number of hydrogen-bond acceptors (Lipinski definition) is 3. The van der Waals surface area contributed by atoms with Gasteiger partial charge in [-0.05, 0) is 12.8 Å². The second-order valence-electron chi connectivity index (χ2n) is 4.21. The Morgan fingerprint density at radius 1 is 1.17 bits per heavy atom. The number of ether oxygens (including phenoxy) is 1. The predicted octanol–water partition coefficient (Wildman–Crippen LogP) is 2.04. The third-order valence-electron chi connectivity index (χ3n) is 2.91. The van der Waals surface area contributed by atoms with Crippen molar-refractivity contribution in [3.05, 3.63) is 35.9 Å². The highest BCUT2D eigenvalue weighted by atomic mass is 16.6. The van der Waals surface area contributed by atoms with Crippen molar-refractivity contribution >= 4 is 12.1 Å². The molecule has 1 aromatic carbocycles. The van der Waals surface area contributed by atoms with E-state index in [1.54, 1.807) is 35.2 Å². The van der Waals surface area contributed by atoms with Gasteiger partial charge in [0, 0.05) is 18.7 Å². The Bertz CT molecular complexity index is 426.